The molecule has 126 valence electrons. The Morgan fingerprint density at radius 2 is 1.96 bits per heavy atom. The number of anilines is 1. The second-order valence-electron chi connectivity index (χ2n) is 6.25. The molecule has 2 heterocycles. The van der Waals surface area contributed by atoms with E-state index in [9.17, 15) is 9.18 Å². The summed E-state index contributed by atoms with van der Waals surface area (Å²) < 4.78 is 12.9. The van der Waals surface area contributed by atoms with E-state index in [1.807, 2.05) is 12.3 Å². The number of amides is 1. The van der Waals surface area contributed by atoms with Gasteiger partial charge in [-0.1, -0.05) is 12.1 Å². The van der Waals surface area contributed by atoms with Gasteiger partial charge in [-0.15, -0.1) is 0 Å². The van der Waals surface area contributed by atoms with Crippen LogP contribution in [0, 0.1) is 11.7 Å². The second-order valence-corrected chi connectivity index (χ2v) is 6.25. The highest BCUT2D eigenvalue weighted by molar-refractivity contribution is 5.78. The van der Waals surface area contributed by atoms with E-state index < -0.39 is 0 Å². The molecule has 0 aliphatic carbocycles. The Morgan fingerprint density at radius 1 is 1.21 bits per heavy atom. The van der Waals surface area contributed by atoms with Gasteiger partial charge in [0.05, 0.1) is 18.3 Å². The predicted molar refractivity (Wildman–Crippen MR) is 92.3 cm³/mol. The lowest BCUT2D eigenvalue weighted by molar-refractivity contribution is -0.120. The van der Waals surface area contributed by atoms with Gasteiger partial charge in [0.1, 0.15) is 5.82 Å². The minimum atomic E-state index is -0.278. The van der Waals surface area contributed by atoms with Crippen LogP contribution in [0.1, 0.15) is 18.4 Å². The molecule has 0 atom stereocenters. The molecule has 2 aromatic rings. The maximum atomic E-state index is 12.9. The number of aromatic nitrogens is 1. The number of halogens is 1. The summed E-state index contributed by atoms with van der Waals surface area (Å²) in [5.41, 5.74) is 2.00. The normalized spacial score (nSPS) is 15.3. The molecule has 1 N–H and O–H groups in total. The van der Waals surface area contributed by atoms with Crippen molar-refractivity contribution in [2.45, 2.75) is 19.3 Å². The first-order valence-corrected chi connectivity index (χ1v) is 8.37. The van der Waals surface area contributed by atoms with Crippen molar-refractivity contribution in [1.82, 2.24) is 10.3 Å². The van der Waals surface area contributed by atoms with E-state index >= 15 is 0 Å². The molecule has 0 radical (unpaired) electrons. The largest absolute Gasteiger partial charge is 0.370 e. The van der Waals surface area contributed by atoms with Gasteiger partial charge in [0, 0.05) is 25.8 Å². The number of benzene rings is 1. The molecule has 1 aromatic heterocycles. The van der Waals surface area contributed by atoms with Crippen molar-refractivity contribution >= 4 is 11.6 Å². The molecule has 0 spiro atoms. The van der Waals surface area contributed by atoms with Gasteiger partial charge in [0.15, 0.2) is 0 Å². The molecule has 1 saturated heterocycles. The number of piperidine rings is 1. The molecule has 3 rings (SSSR count). The molecule has 1 aromatic carbocycles. The summed E-state index contributed by atoms with van der Waals surface area (Å²) >= 11 is 0. The Balaban J connectivity index is 1.40. The molecule has 4 nitrogen and oxygen atoms in total. The Bertz CT molecular complexity index is 652. The van der Waals surface area contributed by atoms with Crippen molar-refractivity contribution in [3.05, 3.63) is 60.2 Å². The molecule has 0 saturated carbocycles. The van der Waals surface area contributed by atoms with Gasteiger partial charge in [-0.2, -0.15) is 0 Å². The summed E-state index contributed by atoms with van der Waals surface area (Å²) in [6.07, 6.45) is 6.10. The average Bonchev–Trinajstić information content (AvgIpc) is 2.63. The number of nitrogens with one attached hydrogen (secondary N) is 1. The fourth-order valence-corrected chi connectivity index (χ4v) is 3.04. The number of carbonyl (C=O) groups is 1. The molecule has 0 bridgehead atoms. The van der Waals surface area contributed by atoms with E-state index in [1.54, 1.807) is 18.3 Å². The van der Waals surface area contributed by atoms with Crippen LogP contribution in [0.4, 0.5) is 10.1 Å². The molecule has 0 unspecified atom stereocenters. The lowest BCUT2D eigenvalue weighted by atomic mass is 9.96. The van der Waals surface area contributed by atoms with Crippen LogP contribution in [0.25, 0.3) is 0 Å². The van der Waals surface area contributed by atoms with E-state index in [4.69, 9.17) is 0 Å². The van der Waals surface area contributed by atoms with Crippen LogP contribution in [0.15, 0.2) is 48.8 Å². The molecular formula is C19H22FN3O. The van der Waals surface area contributed by atoms with Crippen LogP contribution >= 0.6 is 0 Å². The molecule has 1 fully saturated rings. The number of pyridine rings is 1. The topological polar surface area (TPSA) is 45.2 Å². The Labute approximate surface area is 141 Å². The standard InChI is InChI=1S/C19H22FN3O/c20-17-5-3-15(4-6-17)12-19(24)22-13-16-7-10-23(11-8-16)18-2-1-9-21-14-18/h1-6,9,14,16H,7-8,10-13H2,(H,22,24). The molecule has 1 aliphatic heterocycles. The zero-order valence-electron chi connectivity index (χ0n) is 13.6. The summed E-state index contributed by atoms with van der Waals surface area (Å²) in [5.74, 6) is 0.228. The fraction of sp³-hybridized carbons (Fsp3) is 0.368. The van der Waals surface area contributed by atoms with Gasteiger partial charge in [0.2, 0.25) is 5.91 Å². The lowest BCUT2D eigenvalue weighted by Crippen LogP contribution is -2.39. The van der Waals surface area contributed by atoms with Crippen LogP contribution in [-0.4, -0.2) is 30.5 Å². The maximum Gasteiger partial charge on any atom is 0.224 e. The van der Waals surface area contributed by atoms with Crippen LogP contribution in [-0.2, 0) is 11.2 Å². The number of carbonyl (C=O) groups excluding carboxylic acids is 1. The monoisotopic (exact) mass is 327 g/mol. The maximum absolute atomic E-state index is 12.9. The predicted octanol–water partition coefficient (Wildman–Crippen LogP) is 2.80. The Morgan fingerprint density at radius 3 is 2.62 bits per heavy atom. The van der Waals surface area contributed by atoms with Gasteiger partial charge < -0.3 is 10.2 Å². The number of nitrogens with zero attached hydrogens (tertiary/aromatic N) is 2. The number of hydrogen-bond acceptors (Lipinski definition) is 3. The Hall–Kier alpha value is -2.43. The van der Waals surface area contributed by atoms with Crippen LogP contribution < -0.4 is 10.2 Å². The number of hydrogen-bond donors (Lipinski definition) is 1. The smallest absolute Gasteiger partial charge is 0.224 e. The highest BCUT2D eigenvalue weighted by Gasteiger charge is 2.20. The van der Waals surface area contributed by atoms with E-state index in [0.29, 0.717) is 18.9 Å². The fourth-order valence-electron chi connectivity index (χ4n) is 3.04. The van der Waals surface area contributed by atoms with Crippen molar-refractivity contribution in [2.24, 2.45) is 5.92 Å². The third-order valence-corrected chi connectivity index (χ3v) is 4.49. The SMILES string of the molecule is O=C(Cc1ccc(F)cc1)NCC1CCN(c2cccnc2)CC1. The van der Waals surface area contributed by atoms with Crippen molar-refractivity contribution in [1.29, 1.82) is 0 Å². The molecular weight excluding hydrogens is 305 g/mol. The van der Waals surface area contributed by atoms with Crippen LogP contribution in [0.5, 0.6) is 0 Å². The van der Waals surface area contributed by atoms with Crippen molar-refractivity contribution in [3.63, 3.8) is 0 Å². The van der Waals surface area contributed by atoms with Crippen molar-refractivity contribution < 1.29 is 9.18 Å². The van der Waals surface area contributed by atoms with Gasteiger partial charge in [-0.25, -0.2) is 4.39 Å². The van der Waals surface area contributed by atoms with Gasteiger partial charge >= 0.3 is 0 Å². The lowest BCUT2D eigenvalue weighted by Gasteiger charge is -2.33. The third-order valence-electron chi connectivity index (χ3n) is 4.49. The average molecular weight is 327 g/mol. The zero-order chi connectivity index (χ0) is 16.8. The van der Waals surface area contributed by atoms with Crippen LogP contribution in [0.3, 0.4) is 0 Å². The summed E-state index contributed by atoms with van der Waals surface area (Å²) in [7, 11) is 0. The van der Waals surface area contributed by atoms with E-state index in [0.717, 1.165) is 37.2 Å². The molecule has 5 heteroatoms. The minimum absolute atomic E-state index is 0.00343. The van der Waals surface area contributed by atoms with Gasteiger partial charge in [0.25, 0.3) is 0 Å². The van der Waals surface area contributed by atoms with E-state index in [2.05, 4.69) is 21.3 Å². The minimum Gasteiger partial charge on any atom is -0.370 e. The summed E-state index contributed by atoms with van der Waals surface area (Å²) in [6.45, 7) is 2.69. The summed E-state index contributed by atoms with van der Waals surface area (Å²) in [6, 6.07) is 10.1. The van der Waals surface area contributed by atoms with Crippen molar-refractivity contribution in [2.75, 3.05) is 24.5 Å². The van der Waals surface area contributed by atoms with Crippen LogP contribution in [0.2, 0.25) is 0 Å². The third kappa shape index (κ3) is 4.54. The summed E-state index contributed by atoms with van der Waals surface area (Å²) in [4.78, 5) is 18.5. The first kappa shape index (κ1) is 16.4. The highest BCUT2D eigenvalue weighted by Crippen LogP contribution is 2.21. The second kappa shape index (κ2) is 7.90. The van der Waals surface area contributed by atoms with Gasteiger partial charge in [-0.05, 0) is 48.6 Å². The summed E-state index contributed by atoms with van der Waals surface area (Å²) in [5, 5.41) is 3.01. The quantitative estimate of drug-likeness (QED) is 0.918. The number of rotatable bonds is 5. The first-order chi connectivity index (χ1) is 11.7. The molecule has 24 heavy (non-hydrogen) atoms. The van der Waals surface area contributed by atoms with Gasteiger partial charge in [-0.3, -0.25) is 9.78 Å². The first-order valence-electron chi connectivity index (χ1n) is 8.37. The van der Waals surface area contributed by atoms with E-state index in [-0.39, 0.29) is 11.7 Å². The molecule has 1 aliphatic rings. The Kier molecular flexibility index (Phi) is 5.41. The highest BCUT2D eigenvalue weighted by atomic mass is 19.1. The van der Waals surface area contributed by atoms with E-state index in [1.165, 1.54) is 12.1 Å². The zero-order valence-corrected chi connectivity index (χ0v) is 13.6. The van der Waals surface area contributed by atoms with Crippen molar-refractivity contribution in [3.8, 4) is 0 Å². The molecule has 1 amide bonds.